The Bertz CT molecular complexity index is 487. The summed E-state index contributed by atoms with van der Waals surface area (Å²) in [6.07, 6.45) is 8.10. The predicted octanol–water partition coefficient (Wildman–Crippen LogP) is 3.88. The van der Waals surface area contributed by atoms with E-state index < -0.39 is 17.7 Å². The molecule has 0 aromatic carbocycles. The number of hydrogen-bond donors (Lipinski definition) is 1. The summed E-state index contributed by atoms with van der Waals surface area (Å²) in [7, 11) is 0. The van der Waals surface area contributed by atoms with E-state index in [0.29, 0.717) is 19.2 Å². The molecular formula is C21H38N2O4. The highest BCUT2D eigenvalue weighted by Gasteiger charge is 2.33. The zero-order valence-corrected chi connectivity index (χ0v) is 17.8. The number of carbonyl (C=O) groups excluding carboxylic acids is 2. The lowest BCUT2D eigenvalue weighted by molar-refractivity contribution is -0.138. The lowest BCUT2D eigenvalue weighted by atomic mass is 9.96. The van der Waals surface area contributed by atoms with Gasteiger partial charge in [-0.25, -0.2) is 4.79 Å². The Hall–Kier alpha value is -1.30. The number of carbonyl (C=O) groups is 2. The smallest absolute Gasteiger partial charge is 0.408 e. The van der Waals surface area contributed by atoms with Gasteiger partial charge in [0.15, 0.2) is 0 Å². The van der Waals surface area contributed by atoms with Crippen molar-refractivity contribution in [1.29, 1.82) is 0 Å². The van der Waals surface area contributed by atoms with Gasteiger partial charge in [0.25, 0.3) is 0 Å². The van der Waals surface area contributed by atoms with Gasteiger partial charge in [0.05, 0.1) is 12.2 Å². The molecule has 0 aromatic rings. The summed E-state index contributed by atoms with van der Waals surface area (Å²) in [6, 6.07) is -0.560. The SMILES string of the molecule is CC(C)[C@H](NC(=O)OC(C)(C)C)C(=O)N1CCC(OC2CCCCC2)CC1. The topological polar surface area (TPSA) is 67.9 Å². The number of alkyl carbamates (subject to hydrolysis) is 1. The van der Waals surface area contributed by atoms with E-state index in [-0.39, 0.29) is 17.9 Å². The molecule has 0 radical (unpaired) electrons. The molecule has 1 aliphatic heterocycles. The normalized spacial score (nSPS) is 21.2. The van der Waals surface area contributed by atoms with E-state index in [1.807, 2.05) is 39.5 Å². The third-order valence-electron chi connectivity index (χ3n) is 5.30. The fraction of sp³-hybridized carbons (Fsp3) is 0.905. The number of likely N-dealkylation sites (tertiary alicyclic amines) is 1. The molecule has 6 nitrogen and oxygen atoms in total. The van der Waals surface area contributed by atoms with E-state index in [4.69, 9.17) is 9.47 Å². The number of amides is 2. The van der Waals surface area contributed by atoms with Gasteiger partial charge in [-0.1, -0.05) is 33.1 Å². The maximum Gasteiger partial charge on any atom is 0.408 e. The average Bonchev–Trinajstić information content (AvgIpc) is 2.59. The standard InChI is InChI=1S/C21H38N2O4/c1-15(2)18(22-20(25)27-21(3,4)5)19(24)23-13-11-17(12-14-23)26-16-9-7-6-8-10-16/h15-18H,6-14H2,1-5H3,(H,22,25)/t18-/m0/s1. The molecule has 0 unspecified atom stereocenters. The van der Waals surface area contributed by atoms with Crippen molar-refractivity contribution in [3.63, 3.8) is 0 Å². The quantitative estimate of drug-likeness (QED) is 0.784. The summed E-state index contributed by atoms with van der Waals surface area (Å²) in [4.78, 5) is 26.9. The Morgan fingerprint density at radius 3 is 2.04 bits per heavy atom. The molecule has 1 aliphatic carbocycles. The van der Waals surface area contributed by atoms with Gasteiger partial charge in [-0.3, -0.25) is 4.79 Å². The molecule has 0 spiro atoms. The summed E-state index contributed by atoms with van der Waals surface area (Å²) in [5.41, 5.74) is -0.580. The number of nitrogens with zero attached hydrogens (tertiary/aromatic N) is 1. The maximum absolute atomic E-state index is 13.0. The van der Waals surface area contributed by atoms with Gasteiger partial charge < -0.3 is 19.7 Å². The fourth-order valence-corrected chi connectivity index (χ4v) is 3.83. The minimum absolute atomic E-state index is 0.00114. The van der Waals surface area contributed by atoms with Crippen LogP contribution in [-0.2, 0) is 14.3 Å². The minimum Gasteiger partial charge on any atom is -0.444 e. The summed E-state index contributed by atoms with van der Waals surface area (Å²) >= 11 is 0. The van der Waals surface area contributed by atoms with Crippen molar-refractivity contribution < 1.29 is 19.1 Å². The van der Waals surface area contributed by atoms with Crippen LogP contribution in [0.25, 0.3) is 0 Å². The zero-order valence-electron chi connectivity index (χ0n) is 17.8. The van der Waals surface area contributed by atoms with E-state index in [1.54, 1.807) is 0 Å². The van der Waals surface area contributed by atoms with Gasteiger partial charge >= 0.3 is 6.09 Å². The third kappa shape index (κ3) is 7.32. The first kappa shape index (κ1) is 22.0. The van der Waals surface area contributed by atoms with E-state index >= 15 is 0 Å². The van der Waals surface area contributed by atoms with Crippen molar-refractivity contribution >= 4 is 12.0 Å². The van der Waals surface area contributed by atoms with Gasteiger partial charge in [-0.05, 0) is 52.4 Å². The van der Waals surface area contributed by atoms with E-state index in [2.05, 4.69) is 5.32 Å². The van der Waals surface area contributed by atoms with E-state index in [9.17, 15) is 9.59 Å². The highest BCUT2D eigenvalue weighted by Crippen LogP contribution is 2.25. The number of piperidine rings is 1. The second-order valence-electron chi connectivity index (χ2n) is 9.29. The van der Waals surface area contributed by atoms with Crippen molar-refractivity contribution in [1.82, 2.24) is 10.2 Å². The van der Waals surface area contributed by atoms with Crippen LogP contribution in [0.4, 0.5) is 4.79 Å². The van der Waals surface area contributed by atoms with Crippen LogP contribution in [0.1, 0.15) is 79.6 Å². The van der Waals surface area contributed by atoms with Crippen molar-refractivity contribution in [2.45, 2.75) is 103 Å². The number of ether oxygens (including phenoxy) is 2. The molecule has 6 heteroatoms. The molecule has 2 fully saturated rings. The molecule has 1 atom stereocenters. The van der Waals surface area contributed by atoms with Crippen LogP contribution in [0.3, 0.4) is 0 Å². The monoisotopic (exact) mass is 382 g/mol. The van der Waals surface area contributed by atoms with Gasteiger partial charge in [0, 0.05) is 13.1 Å². The molecule has 1 saturated carbocycles. The van der Waals surface area contributed by atoms with Crippen LogP contribution < -0.4 is 5.32 Å². The highest BCUT2D eigenvalue weighted by molar-refractivity contribution is 5.86. The summed E-state index contributed by atoms with van der Waals surface area (Å²) in [5, 5.41) is 2.76. The molecule has 2 amide bonds. The molecular weight excluding hydrogens is 344 g/mol. The van der Waals surface area contributed by atoms with Crippen molar-refractivity contribution in [3.05, 3.63) is 0 Å². The van der Waals surface area contributed by atoms with Gasteiger partial charge in [-0.15, -0.1) is 0 Å². The molecule has 0 aromatic heterocycles. The number of nitrogens with one attached hydrogen (secondary N) is 1. The van der Waals surface area contributed by atoms with Crippen LogP contribution in [0, 0.1) is 5.92 Å². The predicted molar refractivity (Wildman–Crippen MR) is 106 cm³/mol. The van der Waals surface area contributed by atoms with Gasteiger partial charge in [0.2, 0.25) is 5.91 Å². The van der Waals surface area contributed by atoms with Gasteiger partial charge in [0.1, 0.15) is 11.6 Å². The van der Waals surface area contributed by atoms with Crippen molar-refractivity contribution in [3.8, 4) is 0 Å². The number of hydrogen-bond acceptors (Lipinski definition) is 4. The number of rotatable bonds is 5. The highest BCUT2D eigenvalue weighted by atomic mass is 16.6. The summed E-state index contributed by atoms with van der Waals surface area (Å²) < 4.78 is 11.6. The van der Waals surface area contributed by atoms with Crippen LogP contribution in [-0.4, -0.2) is 53.8 Å². The van der Waals surface area contributed by atoms with Crippen LogP contribution in [0.2, 0.25) is 0 Å². The lowest BCUT2D eigenvalue weighted by Crippen LogP contribution is -2.54. The van der Waals surface area contributed by atoms with E-state index in [0.717, 1.165) is 12.8 Å². The lowest BCUT2D eigenvalue weighted by Gasteiger charge is -2.37. The van der Waals surface area contributed by atoms with Crippen LogP contribution >= 0.6 is 0 Å². The Balaban J connectivity index is 1.83. The largest absolute Gasteiger partial charge is 0.444 e. The molecule has 27 heavy (non-hydrogen) atoms. The van der Waals surface area contributed by atoms with Gasteiger partial charge in [-0.2, -0.15) is 0 Å². The van der Waals surface area contributed by atoms with Crippen molar-refractivity contribution in [2.75, 3.05) is 13.1 Å². The Morgan fingerprint density at radius 2 is 1.52 bits per heavy atom. The Labute approximate surface area is 164 Å². The van der Waals surface area contributed by atoms with E-state index in [1.165, 1.54) is 32.1 Å². The zero-order chi connectivity index (χ0) is 20.0. The summed E-state index contributed by atoms with van der Waals surface area (Å²) in [6.45, 7) is 10.7. The average molecular weight is 383 g/mol. The second-order valence-corrected chi connectivity index (χ2v) is 9.29. The molecule has 2 aliphatic rings. The first-order chi connectivity index (χ1) is 12.7. The first-order valence-electron chi connectivity index (χ1n) is 10.6. The Kier molecular flexibility index (Phi) is 7.95. The van der Waals surface area contributed by atoms with Crippen molar-refractivity contribution in [2.24, 2.45) is 5.92 Å². The molecule has 2 rings (SSSR count). The molecule has 0 bridgehead atoms. The molecule has 1 heterocycles. The Morgan fingerprint density at radius 1 is 0.963 bits per heavy atom. The molecule has 156 valence electrons. The third-order valence-corrected chi connectivity index (χ3v) is 5.30. The van der Waals surface area contributed by atoms with Crippen LogP contribution in [0.15, 0.2) is 0 Å². The van der Waals surface area contributed by atoms with Crippen LogP contribution in [0.5, 0.6) is 0 Å². The second kappa shape index (κ2) is 9.76. The maximum atomic E-state index is 13.0. The molecule has 1 N–H and O–H groups in total. The molecule has 1 saturated heterocycles. The minimum atomic E-state index is -0.580. The summed E-state index contributed by atoms with van der Waals surface area (Å²) in [5.74, 6) is -0.0202. The fourth-order valence-electron chi connectivity index (χ4n) is 3.83. The first-order valence-corrected chi connectivity index (χ1v) is 10.6.